The second-order valence-corrected chi connectivity index (χ2v) is 4.58. The van der Waals surface area contributed by atoms with E-state index in [1.165, 1.54) is 6.07 Å². The quantitative estimate of drug-likeness (QED) is 0.845. The van der Waals surface area contributed by atoms with Gasteiger partial charge in [0, 0.05) is 28.0 Å². The van der Waals surface area contributed by atoms with E-state index in [1.54, 1.807) is 36.6 Å². The van der Waals surface area contributed by atoms with Gasteiger partial charge in [-0.15, -0.1) is 0 Å². The van der Waals surface area contributed by atoms with Crippen molar-refractivity contribution in [1.29, 1.82) is 0 Å². The van der Waals surface area contributed by atoms with Gasteiger partial charge >= 0.3 is 0 Å². The summed E-state index contributed by atoms with van der Waals surface area (Å²) in [6.45, 7) is 3.92. The monoisotopic (exact) mass is 263 g/mol. The highest BCUT2D eigenvalue weighted by Crippen LogP contribution is 2.22. The Balaban J connectivity index is 2.50. The molecule has 0 atom stereocenters. The molecule has 0 unspecified atom stereocenters. The highest BCUT2D eigenvalue weighted by atomic mass is 35.5. The molecule has 0 saturated heterocycles. The highest BCUT2D eigenvalue weighted by Gasteiger charge is 2.09. The maximum atomic E-state index is 11.9. The van der Waals surface area contributed by atoms with Crippen molar-refractivity contribution in [3.63, 3.8) is 0 Å². The number of benzene rings is 1. The van der Waals surface area contributed by atoms with Crippen LogP contribution in [0.15, 0.2) is 29.1 Å². The average Bonchev–Trinajstić information content (AvgIpc) is 2.26. The van der Waals surface area contributed by atoms with Gasteiger partial charge in [-0.1, -0.05) is 17.7 Å². The summed E-state index contributed by atoms with van der Waals surface area (Å²) < 4.78 is 1.56. The van der Waals surface area contributed by atoms with Gasteiger partial charge in [-0.3, -0.25) is 9.36 Å². The third-order valence-electron chi connectivity index (χ3n) is 2.80. The molecule has 2 N–H and O–H groups in total. The lowest BCUT2D eigenvalue weighted by atomic mass is 10.2. The Morgan fingerprint density at radius 3 is 2.72 bits per heavy atom. The molecule has 0 radical (unpaired) electrons. The number of aryl methyl sites for hydroxylation is 2. The summed E-state index contributed by atoms with van der Waals surface area (Å²) in [7, 11) is 0. The first kappa shape index (κ1) is 12.6. The summed E-state index contributed by atoms with van der Waals surface area (Å²) in [5, 5.41) is 0.557. The van der Waals surface area contributed by atoms with E-state index in [0.29, 0.717) is 28.8 Å². The van der Waals surface area contributed by atoms with Crippen molar-refractivity contribution in [3.05, 3.63) is 56.7 Å². The van der Waals surface area contributed by atoms with Crippen LogP contribution in [0.2, 0.25) is 5.02 Å². The van der Waals surface area contributed by atoms with Crippen molar-refractivity contribution in [2.24, 2.45) is 0 Å². The van der Waals surface area contributed by atoms with E-state index >= 15 is 0 Å². The van der Waals surface area contributed by atoms with Crippen LogP contribution in [0.25, 0.3) is 0 Å². The predicted octanol–water partition coefficient (Wildman–Crippen LogP) is 2.14. The molecule has 1 aromatic carbocycles. The molecular weight excluding hydrogens is 250 g/mol. The van der Waals surface area contributed by atoms with Gasteiger partial charge in [-0.25, -0.2) is 4.98 Å². The van der Waals surface area contributed by atoms with Crippen LogP contribution in [-0.2, 0) is 6.54 Å². The number of nitrogens with zero attached hydrogens (tertiary/aromatic N) is 2. The maximum Gasteiger partial charge on any atom is 0.254 e. The molecule has 2 rings (SSSR count). The Bertz CT molecular complexity index is 629. The van der Waals surface area contributed by atoms with Gasteiger partial charge in [0.2, 0.25) is 0 Å². The summed E-state index contributed by atoms with van der Waals surface area (Å²) in [6, 6.07) is 6.81. The highest BCUT2D eigenvalue weighted by molar-refractivity contribution is 6.31. The van der Waals surface area contributed by atoms with E-state index in [9.17, 15) is 4.79 Å². The van der Waals surface area contributed by atoms with Crippen molar-refractivity contribution in [3.8, 4) is 0 Å². The van der Waals surface area contributed by atoms with E-state index in [2.05, 4.69) is 4.98 Å². The van der Waals surface area contributed by atoms with Gasteiger partial charge < -0.3 is 5.73 Å². The van der Waals surface area contributed by atoms with E-state index < -0.39 is 0 Å². The fourth-order valence-electron chi connectivity index (χ4n) is 1.86. The maximum absolute atomic E-state index is 11.9. The molecule has 2 aromatic rings. The summed E-state index contributed by atoms with van der Waals surface area (Å²) in [5.41, 5.74) is 7.81. The molecule has 0 aliphatic carbocycles. The van der Waals surface area contributed by atoms with Crippen LogP contribution in [0.1, 0.15) is 17.1 Å². The van der Waals surface area contributed by atoms with Crippen molar-refractivity contribution >= 4 is 17.3 Å². The van der Waals surface area contributed by atoms with Gasteiger partial charge in [-0.2, -0.15) is 0 Å². The topological polar surface area (TPSA) is 60.9 Å². The number of anilines is 1. The molecule has 94 valence electrons. The van der Waals surface area contributed by atoms with Crippen LogP contribution in [0, 0.1) is 13.8 Å². The average molecular weight is 264 g/mol. The second kappa shape index (κ2) is 4.82. The first-order chi connectivity index (χ1) is 8.49. The summed E-state index contributed by atoms with van der Waals surface area (Å²) in [4.78, 5) is 16.2. The lowest BCUT2D eigenvalue weighted by Gasteiger charge is -2.12. The molecule has 0 amide bonds. The number of nitrogen functional groups attached to an aromatic ring is 1. The van der Waals surface area contributed by atoms with E-state index in [-0.39, 0.29) is 5.56 Å². The lowest BCUT2D eigenvalue weighted by Crippen LogP contribution is -2.24. The largest absolute Gasteiger partial charge is 0.398 e. The molecule has 0 fully saturated rings. The molecule has 0 saturated carbocycles. The number of nitrogens with two attached hydrogens (primary N) is 1. The molecule has 18 heavy (non-hydrogen) atoms. The zero-order valence-corrected chi connectivity index (χ0v) is 11.0. The molecule has 1 heterocycles. The molecule has 0 spiro atoms. The van der Waals surface area contributed by atoms with Crippen LogP contribution in [0.4, 0.5) is 5.69 Å². The number of aromatic nitrogens is 2. The Morgan fingerprint density at radius 2 is 2.11 bits per heavy atom. The zero-order chi connectivity index (χ0) is 13.3. The third-order valence-corrected chi connectivity index (χ3v) is 3.15. The molecule has 0 aliphatic heterocycles. The van der Waals surface area contributed by atoms with Gasteiger partial charge in [0.25, 0.3) is 5.56 Å². The molecule has 5 heteroatoms. The van der Waals surface area contributed by atoms with Crippen molar-refractivity contribution in [2.45, 2.75) is 20.4 Å². The number of hydrogen-bond donors (Lipinski definition) is 1. The molecular formula is C13H14ClN3O. The van der Waals surface area contributed by atoms with Gasteiger partial charge in [0.15, 0.2) is 0 Å². The first-order valence-corrected chi connectivity index (χ1v) is 5.95. The van der Waals surface area contributed by atoms with Gasteiger partial charge in [0.05, 0.1) is 6.54 Å². The van der Waals surface area contributed by atoms with Crippen LogP contribution in [0.5, 0.6) is 0 Å². The second-order valence-electron chi connectivity index (χ2n) is 4.18. The van der Waals surface area contributed by atoms with Crippen LogP contribution in [0.3, 0.4) is 0 Å². The van der Waals surface area contributed by atoms with Crippen molar-refractivity contribution in [1.82, 2.24) is 9.55 Å². The molecule has 0 aliphatic rings. The van der Waals surface area contributed by atoms with Gasteiger partial charge in [0.1, 0.15) is 5.82 Å². The van der Waals surface area contributed by atoms with Crippen LogP contribution >= 0.6 is 11.6 Å². The fraction of sp³-hybridized carbons (Fsp3) is 0.231. The molecule has 4 nitrogen and oxygen atoms in total. The summed E-state index contributed by atoms with van der Waals surface area (Å²) in [5.74, 6) is 0.652. The predicted molar refractivity (Wildman–Crippen MR) is 72.9 cm³/mol. The molecule has 0 bridgehead atoms. The SMILES string of the molecule is Cc1cc(=O)n(Cc2c(N)cccc2Cl)c(C)n1. The minimum absolute atomic E-state index is 0.0979. The Morgan fingerprint density at radius 1 is 1.39 bits per heavy atom. The Labute approximate surface area is 110 Å². The standard InChI is InChI=1S/C13H14ClN3O/c1-8-6-13(18)17(9(2)16-8)7-10-11(14)4-3-5-12(10)15/h3-6H,7,15H2,1-2H3. The van der Waals surface area contributed by atoms with Crippen molar-refractivity contribution < 1.29 is 0 Å². The number of rotatable bonds is 2. The Kier molecular flexibility index (Phi) is 3.39. The Hall–Kier alpha value is -1.81. The van der Waals surface area contributed by atoms with Crippen molar-refractivity contribution in [2.75, 3.05) is 5.73 Å². The normalized spacial score (nSPS) is 10.6. The smallest absolute Gasteiger partial charge is 0.254 e. The molecule has 1 aromatic heterocycles. The van der Waals surface area contributed by atoms with E-state index in [1.807, 2.05) is 0 Å². The van der Waals surface area contributed by atoms with Gasteiger partial charge in [-0.05, 0) is 26.0 Å². The van der Waals surface area contributed by atoms with Crippen LogP contribution < -0.4 is 11.3 Å². The first-order valence-electron chi connectivity index (χ1n) is 5.57. The minimum Gasteiger partial charge on any atom is -0.398 e. The van der Waals surface area contributed by atoms with E-state index in [4.69, 9.17) is 17.3 Å². The lowest BCUT2D eigenvalue weighted by molar-refractivity contribution is 0.695. The number of halogens is 1. The number of hydrogen-bond acceptors (Lipinski definition) is 3. The van der Waals surface area contributed by atoms with E-state index in [0.717, 1.165) is 5.56 Å². The van der Waals surface area contributed by atoms with Crippen LogP contribution in [-0.4, -0.2) is 9.55 Å². The third kappa shape index (κ3) is 2.38. The summed E-state index contributed by atoms with van der Waals surface area (Å²) in [6.07, 6.45) is 0. The summed E-state index contributed by atoms with van der Waals surface area (Å²) >= 11 is 6.10. The zero-order valence-electron chi connectivity index (χ0n) is 10.3. The fourth-order valence-corrected chi connectivity index (χ4v) is 2.10. The minimum atomic E-state index is -0.0979.